The molecule has 3 heteroatoms. The molecule has 2 atom stereocenters. The Morgan fingerprint density at radius 1 is 1.56 bits per heavy atom. The van der Waals surface area contributed by atoms with Crippen molar-refractivity contribution in [2.45, 2.75) is 32.7 Å². The van der Waals surface area contributed by atoms with E-state index in [4.69, 9.17) is 5.73 Å². The first-order valence-corrected chi connectivity index (χ1v) is 5.88. The SMILES string of the molecule is CCc1cccc(NC(N)=NC2CC2C)c1. The quantitative estimate of drug-likeness (QED) is 0.603. The van der Waals surface area contributed by atoms with Crippen molar-refractivity contribution in [3.63, 3.8) is 0 Å². The largest absolute Gasteiger partial charge is 0.370 e. The third-order valence-corrected chi connectivity index (χ3v) is 2.98. The number of nitrogens with zero attached hydrogens (tertiary/aromatic N) is 1. The van der Waals surface area contributed by atoms with E-state index in [0.717, 1.165) is 18.5 Å². The van der Waals surface area contributed by atoms with Crippen molar-refractivity contribution >= 4 is 11.6 Å². The number of benzene rings is 1. The lowest BCUT2D eigenvalue weighted by Crippen LogP contribution is -2.23. The van der Waals surface area contributed by atoms with Gasteiger partial charge in [0.15, 0.2) is 5.96 Å². The van der Waals surface area contributed by atoms with E-state index < -0.39 is 0 Å². The Morgan fingerprint density at radius 3 is 2.94 bits per heavy atom. The molecule has 2 rings (SSSR count). The molecule has 3 N–H and O–H groups in total. The average Bonchev–Trinajstić information content (AvgIpc) is 2.94. The first kappa shape index (κ1) is 11.0. The lowest BCUT2D eigenvalue weighted by molar-refractivity contribution is 0.893. The summed E-state index contributed by atoms with van der Waals surface area (Å²) < 4.78 is 0. The van der Waals surface area contributed by atoms with Gasteiger partial charge in [0, 0.05) is 5.69 Å². The molecular weight excluding hydrogens is 198 g/mol. The molecule has 0 aliphatic heterocycles. The average molecular weight is 217 g/mol. The van der Waals surface area contributed by atoms with Gasteiger partial charge in [0.05, 0.1) is 6.04 Å². The number of aryl methyl sites for hydroxylation is 1. The summed E-state index contributed by atoms with van der Waals surface area (Å²) in [5.41, 5.74) is 8.16. The summed E-state index contributed by atoms with van der Waals surface area (Å²) >= 11 is 0. The maximum absolute atomic E-state index is 5.84. The molecule has 2 unspecified atom stereocenters. The fourth-order valence-electron chi connectivity index (χ4n) is 1.71. The number of nitrogens with two attached hydrogens (primary N) is 1. The molecule has 0 saturated heterocycles. The lowest BCUT2D eigenvalue weighted by atomic mass is 10.1. The summed E-state index contributed by atoms with van der Waals surface area (Å²) in [6.45, 7) is 4.33. The van der Waals surface area contributed by atoms with Crippen LogP contribution in [0.5, 0.6) is 0 Å². The summed E-state index contributed by atoms with van der Waals surface area (Å²) in [5.74, 6) is 1.23. The predicted octanol–water partition coefficient (Wildman–Crippen LogP) is 2.38. The van der Waals surface area contributed by atoms with Gasteiger partial charge < -0.3 is 11.1 Å². The molecule has 0 aromatic heterocycles. The van der Waals surface area contributed by atoms with Crippen LogP contribution in [-0.2, 0) is 6.42 Å². The second kappa shape index (κ2) is 4.56. The predicted molar refractivity (Wildman–Crippen MR) is 68.6 cm³/mol. The van der Waals surface area contributed by atoms with Crippen LogP contribution in [0.25, 0.3) is 0 Å². The van der Waals surface area contributed by atoms with Gasteiger partial charge in [-0.2, -0.15) is 0 Å². The van der Waals surface area contributed by atoms with E-state index in [1.165, 1.54) is 5.56 Å². The Morgan fingerprint density at radius 2 is 2.31 bits per heavy atom. The number of hydrogen-bond donors (Lipinski definition) is 2. The number of rotatable bonds is 3. The Hall–Kier alpha value is -1.51. The van der Waals surface area contributed by atoms with Gasteiger partial charge in [-0.1, -0.05) is 26.0 Å². The second-order valence-corrected chi connectivity index (χ2v) is 4.47. The maximum atomic E-state index is 5.84. The fourth-order valence-corrected chi connectivity index (χ4v) is 1.71. The van der Waals surface area contributed by atoms with E-state index >= 15 is 0 Å². The van der Waals surface area contributed by atoms with Crippen molar-refractivity contribution in [1.82, 2.24) is 0 Å². The summed E-state index contributed by atoms with van der Waals surface area (Å²) in [5, 5.41) is 3.14. The zero-order chi connectivity index (χ0) is 11.5. The van der Waals surface area contributed by atoms with Gasteiger partial charge in [0.1, 0.15) is 0 Å². The molecule has 1 saturated carbocycles. The summed E-state index contributed by atoms with van der Waals surface area (Å²) in [4.78, 5) is 4.40. The van der Waals surface area contributed by atoms with E-state index in [9.17, 15) is 0 Å². The molecule has 1 aliphatic carbocycles. The number of aliphatic imine (C=N–C) groups is 1. The van der Waals surface area contributed by atoms with Crippen LogP contribution >= 0.6 is 0 Å². The molecule has 0 heterocycles. The van der Waals surface area contributed by atoms with Crippen LogP contribution in [0.3, 0.4) is 0 Å². The Balaban J connectivity index is 2.00. The molecule has 3 nitrogen and oxygen atoms in total. The number of guanidine groups is 1. The highest BCUT2D eigenvalue weighted by atomic mass is 15.1. The maximum Gasteiger partial charge on any atom is 0.193 e. The lowest BCUT2D eigenvalue weighted by Gasteiger charge is -2.06. The smallest absolute Gasteiger partial charge is 0.193 e. The molecule has 0 bridgehead atoms. The van der Waals surface area contributed by atoms with Crippen LogP contribution in [0, 0.1) is 5.92 Å². The molecule has 16 heavy (non-hydrogen) atoms. The molecule has 1 aromatic carbocycles. The van der Waals surface area contributed by atoms with E-state index in [2.05, 4.69) is 36.3 Å². The van der Waals surface area contributed by atoms with Gasteiger partial charge in [-0.3, -0.25) is 0 Å². The minimum Gasteiger partial charge on any atom is -0.370 e. The first-order chi connectivity index (χ1) is 7.69. The first-order valence-electron chi connectivity index (χ1n) is 5.88. The van der Waals surface area contributed by atoms with E-state index in [1.807, 2.05) is 12.1 Å². The monoisotopic (exact) mass is 217 g/mol. The van der Waals surface area contributed by atoms with Crippen molar-refractivity contribution in [3.05, 3.63) is 29.8 Å². The van der Waals surface area contributed by atoms with Crippen LogP contribution in [0.1, 0.15) is 25.8 Å². The Kier molecular flexibility index (Phi) is 3.13. The van der Waals surface area contributed by atoms with Crippen molar-refractivity contribution in [1.29, 1.82) is 0 Å². The molecule has 1 aliphatic rings. The minimum atomic E-state index is 0.432. The van der Waals surface area contributed by atoms with E-state index in [1.54, 1.807) is 0 Å². The molecule has 1 aromatic rings. The van der Waals surface area contributed by atoms with Crippen LogP contribution in [-0.4, -0.2) is 12.0 Å². The number of nitrogens with one attached hydrogen (secondary N) is 1. The van der Waals surface area contributed by atoms with Gasteiger partial charge in [-0.15, -0.1) is 0 Å². The highest BCUT2D eigenvalue weighted by Gasteiger charge is 2.32. The summed E-state index contributed by atoms with van der Waals surface area (Å²) in [6, 6.07) is 8.70. The zero-order valence-corrected chi connectivity index (χ0v) is 9.90. The Bertz CT molecular complexity index is 398. The standard InChI is InChI=1S/C13H19N3/c1-3-10-5-4-6-11(8-10)15-13(14)16-12-7-9(12)2/h4-6,8-9,12H,3,7H2,1-2H3,(H3,14,15,16). The minimum absolute atomic E-state index is 0.432. The van der Waals surface area contributed by atoms with Gasteiger partial charge in [-0.25, -0.2) is 4.99 Å². The van der Waals surface area contributed by atoms with Gasteiger partial charge >= 0.3 is 0 Å². The van der Waals surface area contributed by atoms with Gasteiger partial charge in [-0.05, 0) is 36.5 Å². The molecule has 0 spiro atoms. The summed E-state index contributed by atoms with van der Waals surface area (Å²) in [6.07, 6.45) is 2.20. The van der Waals surface area contributed by atoms with Gasteiger partial charge in [0.25, 0.3) is 0 Å². The van der Waals surface area contributed by atoms with E-state index in [-0.39, 0.29) is 0 Å². The van der Waals surface area contributed by atoms with Crippen LogP contribution in [0.4, 0.5) is 5.69 Å². The van der Waals surface area contributed by atoms with Crippen molar-refractivity contribution in [3.8, 4) is 0 Å². The highest BCUT2D eigenvalue weighted by Crippen LogP contribution is 2.32. The molecule has 0 amide bonds. The van der Waals surface area contributed by atoms with Crippen LogP contribution < -0.4 is 11.1 Å². The second-order valence-electron chi connectivity index (χ2n) is 4.47. The molecule has 1 fully saturated rings. The molecular formula is C13H19N3. The number of anilines is 1. The molecule has 0 radical (unpaired) electrons. The highest BCUT2D eigenvalue weighted by molar-refractivity contribution is 5.92. The van der Waals surface area contributed by atoms with Crippen molar-refractivity contribution in [2.75, 3.05) is 5.32 Å². The zero-order valence-electron chi connectivity index (χ0n) is 9.90. The normalized spacial score (nSPS) is 24.2. The fraction of sp³-hybridized carbons (Fsp3) is 0.462. The van der Waals surface area contributed by atoms with Crippen molar-refractivity contribution in [2.24, 2.45) is 16.6 Å². The van der Waals surface area contributed by atoms with Crippen LogP contribution in [0.15, 0.2) is 29.3 Å². The van der Waals surface area contributed by atoms with Crippen LogP contribution in [0.2, 0.25) is 0 Å². The third kappa shape index (κ3) is 2.75. The van der Waals surface area contributed by atoms with Gasteiger partial charge in [0.2, 0.25) is 0 Å². The third-order valence-electron chi connectivity index (χ3n) is 2.98. The number of hydrogen-bond acceptors (Lipinski definition) is 1. The Labute approximate surface area is 96.8 Å². The van der Waals surface area contributed by atoms with Crippen molar-refractivity contribution < 1.29 is 0 Å². The molecule has 86 valence electrons. The summed E-state index contributed by atoms with van der Waals surface area (Å²) in [7, 11) is 0. The topological polar surface area (TPSA) is 50.4 Å². The van der Waals surface area contributed by atoms with E-state index in [0.29, 0.717) is 17.9 Å².